The van der Waals surface area contributed by atoms with Crippen molar-refractivity contribution in [2.24, 2.45) is 7.05 Å². The van der Waals surface area contributed by atoms with Crippen LogP contribution in [0.1, 0.15) is 45.3 Å². The van der Waals surface area contributed by atoms with Crippen LogP contribution in [-0.2, 0) is 7.05 Å². The van der Waals surface area contributed by atoms with Crippen LogP contribution in [0.3, 0.4) is 0 Å². The normalized spacial score (nSPS) is 9.58. The summed E-state index contributed by atoms with van der Waals surface area (Å²) in [6, 6.07) is 0. The van der Waals surface area contributed by atoms with Crippen molar-refractivity contribution < 1.29 is 0 Å². The molecule has 0 radical (unpaired) electrons. The second kappa shape index (κ2) is 4.91. The Morgan fingerprint density at radius 3 is 1.92 bits per heavy atom. The molecule has 0 aliphatic rings. The second-order valence-corrected chi connectivity index (χ2v) is 2.80. The predicted molar refractivity (Wildman–Crippen MR) is 51.2 cm³/mol. The Labute approximate surface area is 74.8 Å². The van der Waals surface area contributed by atoms with Crippen LogP contribution >= 0.6 is 0 Å². The van der Waals surface area contributed by atoms with Gasteiger partial charge >= 0.3 is 0 Å². The zero-order chi connectivity index (χ0) is 9.72. The van der Waals surface area contributed by atoms with Gasteiger partial charge in [-0.1, -0.05) is 27.7 Å². The minimum absolute atomic E-state index is 0.430. The van der Waals surface area contributed by atoms with E-state index in [0.29, 0.717) is 5.92 Å². The fourth-order valence-corrected chi connectivity index (χ4v) is 0.731. The van der Waals surface area contributed by atoms with Crippen LogP contribution in [0.25, 0.3) is 0 Å². The molecule has 12 heavy (non-hydrogen) atoms. The Kier molecular flexibility index (Phi) is 4.55. The van der Waals surface area contributed by atoms with Gasteiger partial charge in [0, 0.05) is 13.0 Å². The van der Waals surface area contributed by atoms with Crippen LogP contribution < -0.4 is 0 Å². The molecule has 0 bridgehead atoms. The largest absolute Gasteiger partial charge is 0.253 e. The Hall–Kier alpha value is -0.860. The molecule has 0 spiro atoms. The van der Waals surface area contributed by atoms with E-state index in [9.17, 15) is 0 Å². The summed E-state index contributed by atoms with van der Waals surface area (Å²) >= 11 is 0. The van der Waals surface area contributed by atoms with Gasteiger partial charge in [-0.25, -0.2) is 4.98 Å². The van der Waals surface area contributed by atoms with Crippen LogP contribution in [0, 0.1) is 6.92 Å². The monoisotopic (exact) mass is 169 g/mol. The van der Waals surface area contributed by atoms with Gasteiger partial charge < -0.3 is 0 Å². The van der Waals surface area contributed by atoms with E-state index in [-0.39, 0.29) is 0 Å². The lowest BCUT2D eigenvalue weighted by Crippen LogP contribution is -1.94. The highest BCUT2D eigenvalue weighted by atomic mass is 15.3. The third-order valence-corrected chi connectivity index (χ3v) is 1.51. The van der Waals surface area contributed by atoms with E-state index in [4.69, 9.17) is 0 Å². The SMILES string of the molecule is CC.Cc1nc(C(C)C)nn1C. The van der Waals surface area contributed by atoms with Gasteiger partial charge in [-0.2, -0.15) is 5.10 Å². The molecular formula is C9H19N3. The molecule has 0 N–H and O–H groups in total. The smallest absolute Gasteiger partial charge is 0.153 e. The molecule has 0 saturated carbocycles. The van der Waals surface area contributed by atoms with E-state index < -0.39 is 0 Å². The first-order valence-corrected chi connectivity index (χ1v) is 4.49. The summed E-state index contributed by atoms with van der Waals surface area (Å²) in [5.41, 5.74) is 0. The van der Waals surface area contributed by atoms with Crippen LogP contribution in [0.5, 0.6) is 0 Å². The maximum absolute atomic E-state index is 4.26. The van der Waals surface area contributed by atoms with Gasteiger partial charge in [-0.15, -0.1) is 0 Å². The van der Waals surface area contributed by atoms with E-state index in [1.54, 1.807) is 4.68 Å². The van der Waals surface area contributed by atoms with Gasteiger partial charge in [0.15, 0.2) is 5.82 Å². The fraction of sp³-hybridized carbons (Fsp3) is 0.778. The summed E-state index contributed by atoms with van der Waals surface area (Å²) in [4.78, 5) is 4.26. The van der Waals surface area contributed by atoms with Gasteiger partial charge in [0.2, 0.25) is 0 Å². The van der Waals surface area contributed by atoms with E-state index in [0.717, 1.165) is 11.6 Å². The van der Waals surface area contributed by atoms with Gasteiger partial charge in [-0.05, 0) is 6.92 Å². The van der Waals surface area contributed by atoms with Crippen molar-refractivity contribution in [2.45, 2.75) is 40.5 Å². The fourth-order valence-electron chi connectivity index (χ4n) is 0.731. The second-order valence-electron chi connectivity index (χ2n) is 2.80. The Morgan fingerprint density at radius 2 is 1.75 bits per heavy atom. The first kappa shape index (κ1) is 11.1. The lowest BCUT2D eigenvalue weighted by Gasteiger charge is -1.93. The molecule has 1 aromatic heterocycles. The molecule has 1 rings (SSSR count). The maximum atomic E-state index is 4.26. The molecule has 0 aliphatic heterocycles. The zero-order valence-electron chi connectivity index (χ0n) is 8.92. The molecular weight excluding hydrogens is 150 g/mol. The van der Waals surface area contributed by atoms with Crippen LogP contribution in [0.4, 0.5) is 0 Å². The van der Waals surface area contributed by atoms with E-state index >= 15 is 0 Å². The van der Waals surface area contributed by atoms with Gasteiger partial charge in [0.1, 0.15) is 5.82 Å². The van der Waals surface area contributed by atoms with E-state index in [1.165, 1.54) is 0 Å². The number of aromatic nitrogens is 3. The van der Waals surface area contributed by atoms with Crippen molar-refractivity contribution >= 4 is 0 Å². The van der Waals surface area contributed by atoms with Crippen LogP contribution in [-0.4, -0.2) is 14.8 Å². The van der Waals surface area contributed by atoms with Crippen molar-refractivity contribution in [1.82, 2.24) is 14.8 Å². The first-order chi connectivity index (χ1) is 5.61. The molecule has 1 aromatic rings. The van der Waals surface area contributed by atoms with E-state index in [1.807, 2.05) is 27.8 Å². The summed E-state index contributed by atoms with van der Waals surface area (Å²) in [7, 11) is 1.91. The van der Waals surface area contributed by atoms with Gasteiger partial charge in [0.05, 0.1) is 0 Å². The van der Waals surface area contributed by atoms with Crippen molar-refractivity contribution in [1.29, 1.82) is 0 Å². The number of hydrogen-bond donors (Lipinski definition) is 0. The molecule has 1 heterocycles. The van der Waals surface area contributed by atoms with Gasteiger partial charge in [-0.3, -0.25) is 4.68 Å². The zero-order valence-corrected chi connectivity index (χ0v) is 8.92. The Morgan fingerprint density at radius 1 is 1.25 bits per heavy atom. The van der Waals surface area contributed by atoms with Crippen LogP contribution in [0.2, 0.25) is 0 Å². The van der Waals surface area contributed by atoms with Gasteiger partial charge in [0.25, 0.3) is 0 Å². The lowest BCUT2D eigenvalue weighted by molar-refractivity contribution is 0.697. The third-order valence-electron chi connectivity index (χ3n) is 1.51. The van der Waals surface area contributed by atoms with Crippen LogP contribution in [0.15, 0.2) is 0 Å². The van der Waals surface area contributed by atoms with Crippen molar-refractivity contribution in [3.05, 3.63) is 11.6 Å². The number of nitrogens with zero attached hydrogens (tertiary/aromatic N) is 3. The highest BCUT2D eigenvalue weighted by Gasteiger charge is 2.05. The topological polar surface area (TPSA) is 30.7 Å². The van der Waals surface area contributed by atoms with Crippen molar-refractivity contribution in [3.63, 3.8) is 0 Å². The number of rotatable bonds is 1. The molecule has 3 nitrogen and oxygen atoms in total. The summed E-state index contributed by atoms with van der Waals surface area (Å²) < 4.78 is 1.80. The minimum atomic E-state index is 0.430. The number of aryl methyl sites for hydroxylation is 2. The molecule has 0 amide bonds. The predicted octanol–water partition coefficient (Wildman–Crippen LogP) is 2.27. The average molecular weight is 169 g/mol. The molecule has 3 heteroatoms. The first-order valence-electron chi connectivity index (χ1n) is 4.49. The van der Waals surface area contributed by atoms with Crippen molar-refractivity contribution in [3.8, 4) is 0 Å². The van der Waals surface area contributed by atoms with Crippen molar-refractivity contribution in [2.75, 3.05) is 0 Å². The summed E-state index contributed by atoms with van der Waals surface area (Å²) in [6.45, 7) is 10.1. The number of hydrogen-bond acceptors (Lipinski definition) is 2. The Balaban J connectivity index is 0.000000561. The molecule has 0 unspecified atom stereocenters. The lowest BCUT2D eigenvalue weighted by atomic mass is 10.2. The third kappa shape index (κ3) is 2.64. The molecule has 70 valence electrons. The molecule has 0 saturated heterocycles. The average Bonchev–Trinajstić information content (AvgIpc) is 2.36. The maximum Gasteiger partial charge on any atom is 0.153 e. The summed E-state index contributed by atoms with van der Waals surface area (Å²) in [6.07, 6.45) is 0. The highest BCUT2D eigenvalue weighted by Crippen LogP contribution is 2.07. The molecule has 0 fully saturated rings. The molecule has 0 aliphatic carbocycles. The minimum Gasteiger partial charge on any atom is -0.253 e. The molecule has 0 atom stereocenters. The van der Waals surface area contributed by atoms with E-state index in [2.05, 4.69) is 23.9 Å². The quantitative estimate of drug-likeness (QED) is 0.645. The summed E-state index contributed by atoms with van der Waals surface area (Å²) in [5, 5.41) is 4.22. The standard InChI is InChI=1S/C7H13N3.C2H6/c1-5(2)7-8-6(3)10(4)9-7;1-2/h5H,1-4H3;1-2H3. The molecule has 0 aromatic carbocycles. The Bertz CT molecular complexity index is 206. The highest BCUT2D eigenvalue weighted by molar-refractivity contribution is 4.94. The summed E-state index contributed by atoms with van der Waals surface area (Å²) in [5.74, 6) is 2.34.